The zero-order chi connectivity index (χ0) is 25.3. The third kappa shape index (κ3) is 5.34. The van der Waals surface area contributed by atoms with E-state index in [1.807, 2.05) is 56.2 Å². The summed E-state index contributed by atoms with van der Waals surface area (Å²) in [5.74, 6) is -1.92. The number of hydrogen-bond acceptors (Lipinski definition) is 9. The molecule has 1 rings (SSSR count). The number of esters is 3. The first-order valence-electron chi connectivity index (χ1n) is 11.5. The molecule has 0 amide bonds. The van der Waals surface area contributed by atoms with E-state index < -0.39 is 17.9 Å². The van der Waals surface area contributed by atoms with E-state index in [4.69, 9.17) is 14.2 Å². The average molecular weight is 466 g/mol. The fourth-order valence-electron chi connectivity index (χ4n) is 4.17. The Morgan fingerprint density at radius 1 is 0.485 bits per heavy atom. The van der Waals surface area contributed by atoms with Crippen molar-refractivity contribution in [1.82, 2.24) is 0 Å². The molecule has 0 aliphatic heterocycles. The van der Waals surface area contributed by atoms with Gasteiger partial charge in [0.15, 0.2) is 0 Å². The molecule has 0 unspecified atom stereocenters. The zero-order valence-corrected chi connectivity index (χ0v) is 21.5. The van der Waals surface area contributed by atoms with Crippen molar-refractivity contribution in [2.75, 3.05) is 75.3 Å². The largest absolute Gasteiger partial charge is 0.465 e. The van der Waals surface area contributed by atoms with Gasteiger partial charge in [-0.15, -0.1) is 0 Å². The predicted octanol–water partition coefficient (Wildman–Crippen LogP) is 3.59. The van der Waals surface area contributed by atoms with Crippen LogP contribution < -0.4 is 14.7 Å². The van der Waals surface area contributed by atoms with Gasteiger partial charge in [-0.3, -0.25) is 0 Å². The molecule has 186 valence electrons. The topological polar surface area (TPSA) is 88.6 Å². The lowest BCUT2D eigenvalue weighted by Crippen LogP contribution is -2.36. The summed E-state index contributed by atoms with van der Waals surface area (Å²) in [6.45, 7) is 14.8. The van der Waals surface area contributed by atoms with Gasteiger partial charge in [-0.05, 0) is 41.5 Å². The van der Waals surface area contributed by atoms with E-state index in [0.717, 1.165) is 0 Å². The second-order valence-corrected chi connectivity index (χ2v) is 7.16. The van der Waals surface area contributed by atoms with E-state index in [0.29, 0.717) is 56.3 Å². The number of carbonyl (C=O) groups excluding carboxylic acids is 3. The van der Waals surface area contributed by atoms with E-state index in [1.165, 1.54) is 21.3 Å². The molecular weight excluding hydrogens is 426 g/mol. The number of ether oxygens (including phenoxy) is 3. The molecular formula is C24H39N3O6. The maximum absolute atomic E-state index is 13.3. The lowest BCUT2D eigenvalue weighted by atomic mass is 9.93. The fraction of sp³-hybridized carbons (Fsp3) is 0.625. The average Bonchev–Trinajstić information content (AvgIpc) is 2.84. The van der Waals surface area contributed by atoms with E-state index >= 15 is 0 Å². The SMILES string of the molecule is CCN(CC)c1c(C(=O)OC)c(N(CC)CC)c(C(=O)OC)c(N(CC)CC)c1C(=O)OC. The summed E-state index contributed by atoms with van der Waals surface area (Å²) in [4.78, 5) is 45.6. The second kappa shape index (κ2) is 12.9. The maximum atomic E-state index is 13.3. The van der Waals surface area contributed by atoms with Gasteiger partial charge in [0.05, 0.1) is 38.4 Å². The Bertz CT molecular complexity index is 713. The summed E-state index contributed by atoms with van der Waals surface area (Å²) >= 11 is 0. The zero-order valence-electron chi connectivity index (χ0n) is 21.5. The minimum atomic E-state index is -0.639. The molecule has 1 aromatic carbocycles. The molecule has 0 heterocycles. The van der Waals surface area contributed by atoms with Gasteiger partial charge in [0, 0.05) is 39.3 Å². The van der Waals surface area contributed by atoms with Crippen molar-refractivity contribution in [3.63, 3.8) is 0 Å². The fourth-order valence-corrected chi connectivity index (χ4v) is 4.17. The Balaban J connectivity index is 4.65. The van der Waals surface area contributed by atoms with Crippen LogP contribution in [0, 0.1) is 0 Å². The Labute approximate surface area is 197 Å². The summed E-state index contributed by atoms with van der Waals surface area (Å²) in [6, 6.07) is 0. The van der Waals surface area contributed by atoms with E-state index in [-0.39, 0.29) is 16.7 Å². The molecule has 0 saturated heterocycles. The Hall–Kier alpha value is -2.97. The molecule has 0 aliphatic rings. The Kier molecular flexibility index (Phi) is 11.0. The van der Waals surface area contributed by atoms with Crippen LogP contribution in [-0.4, -0.2) is 78.5 Å². The first kappa shape index (κ1) is 28.1. The van der Waals surface area contributed by atoms with Gasteiger partial charge in [0.25, 0.3) is 0 Å². The summed E-state index contributed by atoms with van der Waals surface area (Å²) in [5, 5.41) is 0. The minimum absolute atomic E-state index is 0.154. The summed E-state index contributed by atoms with van der Waals surface area (Å²) < 4.78 is 15.5. The molecule has 0 spiro atoms. The molecule has 0 bridgehead atoms. The molecule has 0 saturated carbocycles. The van der Waals surface area contributed by atoms with E-state index in [9.17, 15) is 14.4 Å². The van der Waals surface area contributed by atoms with Crippen molar-refractivity contribution >= 4 is 35.0 Å². The lowest BCUT2D eigenvalue weighted by molar-refractivity contribution is 0.0601. The normalized spacial score (nSPS) is 10.5. The number of methoxy groups -OCH3 is 3. The van der Waals surface area contributed by atoms with Crippen molar-refractivity contribution in [3.8, 4) is 0 Å². The molecule has 0 aliphatic carbocycles. The van der Waals surface area contributed by atoms with Crippen molar-refractivity contribution < 1.29 is 28.6 Å². The van der Waals surface area contributed by atoms with Gasteiger partial charge in [-0.25, -0.2) is 14.4 Å². The van der Waals surface area contributed by atoms with Crippen LogP contribution >= 0.6 is 0 Å². The predicted molar refractivity (Wildman–Crippen MR) is 131 cm³/mol. The molecule has 9 heteroatoms. The monoisotopic (exact) mass is 465 g/mol. The summed E-state index contributed by atoms with van der Waals surface area (Å²) in [5.41, 5.74) is 1.66. The first-order valence-corrected chi connectivity index (χ1v) is 11.5. The van der Waals surface area contributed by atoms with Crippen LogP contribution in [0.25, 0.3) is 0 Å². The molecule has 9 nitrogen and oxygen atoms in total. The van der Waals surface area contributed by atoms with Gasteiger partial charge < -0.3 is 28.9 Å². The molecule has 0 aromatic heterocycles. The van der Waals surface area contributed by atoms with Crippen molar-refractivity contribution in [1.29, 1.82) is 0 Å². The highest BCUT2D eigenvalue weighted by Crippen LogP contribution is 2.45. The van der Waals surface area contributed by atoms with Gasteiger partial charge in [-0.1, -0.05) is 0 Å². The van der Waals surface area contributed by atoms with Crippen molar-refractivity contribution in [2.24, 2.45) is 0 Å². The van der Waals surface area contributed by atoms with Crippen LogP contribution in [0.15, 0.2) is 0 Å². The van der Waals surface area contributed by atoms with E-state index in [2.05, 4.69) is 0 Å². The van der Waals surface area contributed by atoms with Gasteiger partial charge in [0.1, 0.15) is 16.7 Å². The number of nitrogens with zero attached hydrogens (tertiary/aromatic N) is 3. The summed E-state index contributed by atoms with van der Waals surface area (Å²) in [7, 11) is 3.86. The Morgan fingerprint density at radius 3 is 0.788 bits per heavy atom. The van der Waals surface area contributed by atoms with E-state index in [1.54, 1.807) is 0 Å². The van der Waals surface area contributed by atoms with Crippen LogP contribution in [-0.2, 0) is 14.2 Å². The molecule has 0 atom stereocenters. The highest BCUT2D eigenvalue weighted by molar-refractivity contribution is 6.19. The highest BCUT2D eigenvalue weighted by Gasteiger charge is 2.39. The number of anilines is 3. The molecule has 33 heavy (non-hydrogen) atoms. The third-order valence-electron chi connectivity index (χ3n) is 5.83. The van der Waals surface area contributed by atoms with Crippen LogP contribution in [0.2, 0.25) is 0 Å². The molecule has 1 aromatic rings. The lowest BCUT2D eigenvalue weighted by Gasteiger charge is -2.36. The van der Waals surface area contributed by atoms with Crippen LogP contribution in [0.1, 0.15) is 72.6 Å². The molecule has 0 N–H and O–H groups in total. The van der Waals surface area contributed by atoms with Crippen molar-refractivity contribution in [3.05, 3.63) is 16.7 Å². The van der Waals surface area contributed by atoms with Crippen LogP contribution in [0.5, 0.6) is 0 Å². The smallest absolute Gasteiger partial charge is 0.342 e. The van der Waals surface area contributed by atoms with Crippen LogP contribution in [0.3, 0.4) is 0 Å². The Morgan fingerprint density at radius 2 is 0.667 bits per heavy atom. The minimum Gasteiger partial charge on any atom is -0.465 e. The third-order valence-corrected chi connectivity index (χ3v) is 5.83. The van der Waals surface area contributed by atoms with Crippen LogP contribution in [0.4, 0.5) is 17.1 Å². The summed E-state index contributed by atoms with van der Waals surface area (Å²) in [6.07, 6.45) is 0. The second-order valence-electron chi connectivity index (χ2n) is 7.16. The molecule has 0 fully saturated rings. The maximum Gasteiger partial charge on any atom is 0.342 e. The quantitative estimate of drug-likeness (QED) is 0.339. The van der Waals surface area contributed by atoms with Gasteiger partial charge in [0.2, 0.25) is 0 Å². The van der Waals surface area contributed by atoms with Gasteiger partial charge in [-0.2, -0.15) is 0 Å². The standard InChI is InChI=1S/C24H39N3O6/c1-10-25(11-2)19-16(22(28)31-7)20(26(12-3)13-4)18(24(30)33-9)21(27(14-5)15-6)17(19)23(29)32-8/h10-15H2,1-9H3. The van der Waals surface area contributed by atoms with Gasteiger partial charge >= 0.3 is 17.9 Å². The molecule has 0 radical (unpaired) electrons. The highest BCUT2D eigenvalue weighted by atomic mass is 16.5. The number of benzene rings is 1. The van der Waals surface area contributed by atoms with Crippen molar-refractivity contribution in [2.45, 2.75) is 41.5 Å². The number of hydrogen-bond donors (Lipinski definition) is 0. The number of rotatable bonds is 12. The number of carbonyl (C=O) groups is 3. The first-order chi connectivity index (χ1) is 15.8.